The van der Waals surface area contributed by atoms with Gasteiger partial charge < -0.3 is 24.4 Å². The summed E-state index contributed by atoms with van der Waals surface area (Å²) >= 11 is 6.51. The van der Waals surface area contributed by atoms with E-state index < -0.39 is 31.5 Å². The van der Waals surface area contributed by atoms with Crippen molar-refractivity contribution < 1.29 is 24.2 Å². The van der Waals surface area contributed by atoms with Crippen LogP contribution in [0.1, 0.15) is 58.1 Å². The number of ether oxygens (including phenoxy) is 1. The van der Waals surface area contributed by atoms with Gasteiger partial charge in [0.05, 0.1) is 24.8 Å². The highest BCUT2D eigenvalue weighted by Gasteiger charge is 2.66. The predicted molar refractivity (Wildman–Crippen MR) is 179 cm³/mol. The van der Waals surface area contributed by atoms with Gasteiger partial charge in [0.1, 0.15) is 0 Å². The molecule has 2 aliphatic heterocycles. The van der Waals surface area contributed by atoms with E-state index in [0.29, 0.717) is 23.7 Å². The van der Waals surface area contributed by atoms with Gasteiger partial charge in [-0.05, 0) is 70.5 Å². The number of carbonyl (C=O) groups excluding carboxylic acids is 2. The Morgan fingerprint density at radius 1 is 1.14 bits per heavy atom. The van der Waals surface area contributed by atoms with E-state index in [-0.39, 0.29) is 31.4 Å². The monoisotopic (exact) mass is 638 g/mol. The van der Waals surface area contributed by atoms with E-state index >= 15 is 0 Å². The number of nitrogens with zero attached hydrogens (tertiary/aromatic N) is 2. The molecule has 1 fully saturated rings. The maximum Gasteiger partial charge on any atom is 0.264 e. The minimum absolute atomic E-state index is 0.00681. The molecule has 0 bridgehead atoms. The number of hydrogen-bond acceptors (Lipinski definition) is 5. The third kappa shape index (κ3) is 7.21. The van der Waals surface area contributed by atoms with Crippen molar-refractivity contribution in [2.24, 2.45) is 5.92 Å². The first-order chi connectivity index (χ1) is 20.8. The molecule has 44 heavy (non-hydrogen) atoms. The predicted octanol–water partition coefficient (Wildman–Crippen LogP) is 6.59. The Bertz CT molecular complexity index is 1400. The Hall–Kier alpha value is -2.75. The molecule has 9 heteroatoms. The average Bonchev–Trinajstić information content (AvgIpc) is 3.37. The molecule has 0 saturated carbocycles. The topological polar surface area (TPSA) is 90.3 Å². The van der Waals surface area contributed by atoms with Crippen molar-refractivity contribution in [2.75, 3.05) is 24.6 Å². The standard InChI is InChI=1S/C35H47ClN2O5Si/c1-24(2)11-10-12-25(3)17-18-38-30-16-15-28(36)21-29(30)35(34(38)41)26(4)33(44(5,6)42)31(43-35)22-32(40)37(19-20-39)23-27-13-8-7-9-14-27/h7-9,11,13-17,21,26,31,33,39,42H,10,12,18-20,22-23H2,1-6H3/b25-17+/t26-,31+,33-,35+/m0/s1. The Balaban J connectivity index is 1.66. The van der Waals surface area contributed by atoms with Gasteiger partial charge >= 0.3 is 0 Å². The Labute approximate surface area is 268 Å². The van der Waals surface area contributed by atoms with Crippen molar-refractivity contribution in [1.29, 1.82) is 0 Å². The number of carbonyl (C=O) groups is 2. The van der Waals surface area contributed by atoms with Gasteiger partial charge in [-0.25, -0.2) is 0 Å². The number of halogens is 1. The fourth-order valence-electron chi connectivity index (χ4n) is 6.89. The summed E-state index contributed by atoms with van der Waals surface area (Å²) in [5, 5.41) is 10.2. The normalized spacial score (nSPS) is 23.3. The zero-order chi connectivity index (χ0) is 32.2. The van der Waals surface area contributed by atoms with E-state index in [0.717, 1.165) is 24.1 Å². The first-order valence-corrected chi connectivity index (χ1v) is 18.9. The Morgan fingerprint density at radius 2 is 1.84 bits per heavy atom. The van der Waals surface area contributed by atoms with E-state index in [2.05, 4.69) is 32.9 Å². The van der Waals surface area contributed by atoms with Gasteiger partial charge in [-0.15, -0.1) is 0 Å². The van der Waals surface area contributed by atoms with Crippen LogP contribution in [0.5, 0.6) is 0 Å². The van der Waals surface area contributed by atoms with Gasteiger partial charge in [-0.3, -0.25) is 9.59 Å². The molecule has 2 N–H and O–H groups in total. The lowest BCUT2D eigenvalue weighted by Crippen LogP contribution is -2.46. The third-order valence-corrected chi connectivity index (χ3v) is 11.7. The Morgan fingerprint density at radius 3 is 2.48 bits per heavy atom. The summed E-state index contributed by atoms with van der Waals surface area (Å²) in [4.78, 5) is 43.2. The van der Waals surface area contributed by atoms with Crippen LogP contribution in [-0.2, 0) is 26.5 Å². The fraction of sp³-hybridized carbons (Fsp3) is 0.486. The lowest BCUT2D eigenvalue weighted by Gasteiger charge is -2.32. The maximum atomic E-state index is 14.5. The number of aliphatic hydroxyl groups is 1. The van der Waals surface area contributed by atoms with Crippen LogP contribution < -0.4 is 4.90 Å². The van der Waals surface area contributed by atoms with Gasteiger partial charge in [0.15, 0.2) is 13.9 Å². The lowest BCUT2D eigenvalue weighted by molar-refractivity contribution is -0.149. The first-order valence-electron chi connectivity index (χ1n) is 15.5. The maximum absolute atomic E-state index is 14.5. The van der Waals surface area contributed by atoms with Gasteiger partial charge in [-0.1, -0.05) is 72.2 Å². The van der Waals surface area contributed by atoms with Crippen molar-refractivity contribution in [2.45, 2.75) is 83.8 Å². The molecule has 1 spiro atoms. The summed E-state index contributed by atoms with van der Waals surface area (Å²) in [6, 6.07) is 15.1. The van der Waals surface area contributed by atoms with Crippen LogP contribution in [0, 0.1) is 5.92 Å². The molecule has 2 aromatic carbocycles. The zero-order valence-electron chi connectivity index (χ0n) is 26.8. The molecule has 0 radical (unpaired) electrons. The second kappa shape index (κ2) is 14.1. The van der Waals surface area contributed by atoms with E-state index in [9.17, 15) is 19.5 Å². The SMILES string of the molecule is CC(C)=CCC/C(C)=C/CN1C(=O)[C@]2(O[C@H](CC(=O)N(CCO)Cc3ccccc3)[C@@H]([Si](C)(C)O)[C@@H]2C)c2cc(Cl)ccc21. The molecule has 0 aliphatic carbocycles. The average molecular weight is 639 g/mol. The molecule has 0 aromatic heterocycles. The van der Waals surface area contributed by atoms with Crippen LogP contribution in [0.15, 0.2) is 71.8 Å². The fourth-order valence-corrected chi connectivity index (χ4v) is 9.61. The van der Waals surface area contributed by atoms with E-state index in [1.54, 1.807) is 21.9 Å². The molecule has 2 amide bonds. The highest BCUT2D eigenvalue weighted by atomic mass is 35.5. The molecule has 238 valence electrons. The van der Waals surface area contributed by atoms with Gasteiger partial charge in [0.2, 0.25) is 5.91 Å². The molecule has 7 nitrogen and oxygen atoms in total. The third-order valence-electron chi connectivity index (χ3n) is 8.97. The second-order valence-corrected chi connectivity index (χ2v) is 17.4. The van der Waals surface area contributed by atoms with Crippen LogP contribution in [-0.4, -0.2) is 60.7 Å². The van der Waals surface area contributed by atoms with Crippen molar-refractivity contribution >= 4 is 37.4 Å². The molecule has 4 rings (SSSR count). The number of anilines is 1. The van der Waals surface area contributed by atoms with Crippen molar-refractivity contribution in [1.82, 2.24) is 4.90 Å². The zero-order valence-corrected chi connectivity index (χ0v) is 28.6. The highest BCUT2D eigenvalue weighted by molar-refractivity contribution is 6.71. The highest BCUT2D eigenvalue weighted by Crippen LogP contribution is 2.60. The number of amides is 2. The molecule has 2 aromatic rings. The van der Waals surface area contributed by atoms with Crippen molar-refractivity contribution in [3.63, 3.8) is 0 Å². The minimum Gasteiger partial charge on any atom is -0.432 e. The van der Waals surface area contributed by atoms with E-state index in [1.165, 1.54) is 11.1 Å². The lowest BCUT2D eigenvalue weighted by atomic mass is 9.82. The van der Waals surface area contributed by atoms with Crippen LogP contribution in [0.2, 0.25) is 23.7 Å². The molecular formula is C35H47ClN2O5Si. The smallest absolute Gasteiger partial charge is 0.264 e. The summed E-state index contributed by atoms with van der Waals surface area (Å²) in [5.74, 6) is -0.779. The summed E-state index contributed by atoms with van der Waals surface area (Å²) in [6.07, 6.45) is 5.46. The number of allylic oxidation sites excluding steroid dienone is 3. The molecule has 2 aliphatic rings. The molecule has 2 heterocycles. The number of hydrogen-bond donors (Lipinski definition) is 2. The van der Waals surface area contributed by atoms with Gasteiger partial charge in [0.25, 0.3) is 5.91 Å². The molecule has 4 atom stereocenters. The summed E-state index contributed by atoms with van der Waals surface area (Å²) in [7, 11) is -2.95. The largest absolute Gasteiger partial charge is 0.432 e. The van der Waals surface area contributed by atoms with Gasteiger partial charge in [0, 0.05) is 41.7 Å². The van der Waals surface area contributed by atoms with Crippen LogP contribution in [0.4, 0.5) is 5.69 Å². The van der Waals surface area contributed by atoms with Crippen molar-refractivity contribution in [3.05, 3.63) is 88.0 Å². The summed E-state index contributed by atoms with van der Waals surface area (Å²) in [5.41, 5.74) is 3.10. The second-order valence-electron chi connectivity index (χ2n) is 13.0. The minimum atomic E-state index is -2.95. The van der Waals surface area contributed by atoms with E-state index in [1.807, 2.05) is 56.4 Å². The number of aliphatic hydroxyl groups excluding tert-OH is 1. The molecule has 0 unspecified atom stereocenters. The quantitative estimate of drug-likeness (QED) is 0.202. The Kier molecular flexibility index (Phi) is 11.0. The molecule has 1 saturated heterocycles. The van der Waals surface area contributed by atoms with E-state index in [4.69, 9.17) is 16.3 Å². The summed E-state index contributed by atoms with van der Waals surface area (Å²) < 4.78 is 6.82. The summed E-state index contributed by atoms with van der Waals surface area (Å²) in [6.45, 7) is 12.7. The first kappa shape index (κ1) is 34.1. The number of fused-ring (bicyclic) bond motifs is 2. The van der Waals surface area contributed by atoms with Crippen molar-refractivity contribution in [3.8, 4) is 0 Å². The molecular weight excluding hydrogens is 592 g/mol. The van der Waals surface area contributed by atoms with Gasteiger partial charge in [-0.2, -0.15) is 0 Å². The van der Waals surface area contributed by atoms with Crippen LogP contribution in [0.3, 0.4) is 0 Å². The van der Waals surface area contributed by atoms with Crippen LogP contribution >= 0.6 is 11.6 Å². The number of benzene rings is 2. The van der Waals surface area contributed by atoms with Crippen LogP contribution in [0.25, 0.3) is 0 Å². The number of rotatable bonds is 12.